The van der Waals surface area contributed by atoms with Crippen molar-refractivity contribution >= 4 is 5.91 Å². The van der Waals surface area contributed by atoms with Crippen LogP contribution in [0.4, 0.5) is 0 Å². The normalized spacial score (nSPS) is 31.7. The summed E-state index contributed by atoms with van der Waals surface area (Å²) in [5, 5.41) is 12.1. The van der Waals surface area contributed by atoms with Crippen LogP contribution >= 0.6 is 0 Å². The molecule has 0 bridgehead atoms. The van der Waals surface area contributed by atoms with Gasteiger partial charge in [-0.1, -0.05) is 13.8 Å². The molecule has 2 rings (SSSR count). The minimum atomic E-state index is -0.635. The summed E-state index contributed by atoms with van der Waals surface area (Å²) >= 11 is 0. The van der Waals surface area contributed by atoms with Crippen molar-refractivity contribution in [1.82, 2.24) is 5.32 Å². The Morgan fingerprint density at radius 3 is 2.31 bits per heavy atom. The lowest BCUT2D eigenvalue weighted by atomic mass is 9.92. The first-order chi connectivity index (χ1) is 7.64. The molecule has 0 aliphatic heterocycles. The molecule has 0 radical (unpaired) electrons. The highest BCUT2D eigenvalue weighted by Crippen LogP contribution is 2.54. The second kappa shape index (κ2) is 4.08. The quantitative estimate of drug-likeness (QED) is 0.790. The topological polar surface area (TPSA) is 52.9 Å². The Bertz CT molecular complexity index is 317. The van der Waals surface area contributed by atoms with Gasteiger partial charge in [-0.05, 0) is 43.9 Å². The standard InChI is InChI=1S/C13H20N2O/c1-3-13(4-2,8-14)15-12(16)11-6-9-5-10(9)7-11/h9-11H,3-7H2,1-2H3,(H,15,16). The smallest absolute Gasteiger partial charge is 0.224 e. The number of nitrogens with zero attached hydrogens (tertiary/aromatic N) is 1. The second-order valence-corrected chi connectivity index (χ2v) is 5.31. The molecule has 88 valence electrons. The van der Waals surface area contributed by atoms with Gasteiger partial charge in [0.15, 0.2) is 0 Å². The van der Waals surface area contributed by atoms with E-state index in [1.807, 2.05) is 13.8 Å². The Balaban J connectivity index is 1.93. The van der Waals surface area contributed by atoms with E-state index in [9.17, 15) is 4.79 Å². The Hall–Kier alpha value is -1.04. The lowest BCUT2D eigenvalue weighted by Gasteiger charge is -2.27. The molecule has 0 aromatic rings. The van der Waals surface area contributed by atoms with Gasteiger partial charge in [-0.25, -0.2) is 0 Å². The van der Waals surface area contributed by atoms with Crippen molar-refractivity contribution in [3.63, 3.8) is 0 Å². The molecule has 3 nitrogen and oxygen atoms in total. The maximum Gasteiger partial charge on any atom is 0.224 e. The third-order valence-electron chi connectivity index (χ3n) is 4.40. The van der Waals surface area contributed by atoms with E-state index in [1.165, 1.54) is 6.42 Å². The van der Waals surface area contributed by atoms with E-state index in [1.54, 1.807) is 0 Å². The van der Waals surface area contributed by atoms with Crippen molar-refractivity contribution in [2.45, 2.75) is 51.5 Å². The van der Waals surface area contributed by atoms with Crippen molar-refractivity contribution in [1.29, 1.82) is 5.26 Å². The molecule has 3 heteroatoms. The number of amides is 1. The third-order valence-corrected chi connectivity index (χ3v) is 4.40. The highest BCUT2D eigenvalue weighted by Gasteiger charge is 2.48. The summed E-state index contributed by atoms with van der Waals surface area (Å²) in [4.78, 5) is 12.0. The Labute approximate surface area is 97.2 Å². The van der Waals surface area contributed by atoms with Crippen LogP contribution in [-0.2, 0) is 4.79 Å². The molecule has 0 aromatic carbocycles. The van der Waals surface area contributed by atoms with Crippen molar-refractivity contribution < 1.29 is 4.79 Å². The minimum Gasteiger partial charge on any atom is -0.338 e. The van der Waals surface area contributed by atoms with E-state index in [0.29, 0.717) is 12.8 Å². The largest absolute Gasteiger partial charge is 0.338 e. The van der Waals surface area contributed by atoms with Crippen LogP contribution in [0, 0.1) is 29.1 Å². The zero-order valence-corrected chi connectivity index (χ0v) is 10.1. The maximum absolute atomic E-state index is 12.0. The van der Waals surface area contributed by atoms with Crippen LogP contribution in [0.25, 0.3) is 0 Å². The third kappa shape index (κ3) is 1.93. The van der Waals surface area contributed by atoms with E-state index in [4.69, 9.17) is 5.26 Å². The van der Waals surface area contributed by atoms with Crippen molar-refractivity contribution in [3.8, 4) is 6.07 Å². The number of fused-ring (bicyclic) bond motifs is 1. The first kappa shape index (κ1) is 11.4. The molecule has 0 spiro atoms. The number of carbonyl (C=O) groups excluding carboxylic acids is 1. The fourth-order valence-electron chi connectivity index (χ4n) is 2.88. The maximum atomic E-state index is 12.0. The molecule has 0 aromatic heterocycles. The first-order valence-corrected chi connectivity index (χ1v) is 6.37. The lowest BCUT2D eigenvalue weighted by molar-refractivity contribution is -0.126. The van der Waals surface area contributed by atoms with Gasteiger partial charge in [0.2, 0.25) is 5.91 Å². The Morgan fingerprint density at radius 2 is 1.88 bits per heavy atom. The van der Waals surface area contributed by atoms with Crippen molar-refractivity contribution in [2.75, 3.05) is 0 Å². The average molecular weight is 220 g/mol. The summed E-state index contributed by atoms with van der Waals surface area (Å²) in [6.45, 7) is 3.91. The summed E-state index contributed by atoms with van der Waals surface area (Å²) in [7, 11) is 0. The Kier molecular flexibility index (Phi) is 2.92. The van der Waals surface area contributed by atoms with Gasteiger partial charge in [0, 0.05) is 5.92 Å². The number of carbonyl (C=O) groups is 1. The van der Waals surface area contributed by atoms with Gasteiger partial charge in [-0.15, -0.1) is 0 Å². The molecule has 0 heterocycles. The fraction of sp³-hybridized carbons (Fsp3) is 0.846. The predicted octanol–water partition coefficient (Wildman–Crippen LogP) is 2.23. The summed E-state index contributed by atoms with van der Waals surface area (Å²) in [6, 6.07) is 2.26. The summed E-state index contributed by atoms with van der Waals surface area (Å²) in [6.07, 6.45) is 4.79. The van der Waals surface area contributed by atoms with Gasteiger partial charge in [0.05, 0.1) is 6.07 Å². The monoisotopic (exact) mass is 220 g/mol. The van der Waals surface area contributed by atoms with Gasteiger partial charge in [-0.3, -0.25) is 4.79 Å². The first-order valence-electron chi connectivity index (χ1n) is 6.37. The highest BCUT2D eigenvalue weighted by atomic mass is 16.2. The fourth-order valence-corrected chi connectivity index (χ4v) is 2.88. The molecule has 2 atom stereocenters. The number of hydrogen-bond donors (Lipinski definition) is 1. The van der Waals surface area contributed by atoms with E-state index >= 15 is 0 Å². The molecule has 1 N–H and O–H groups in total. The van der Waals surface area contributed by atoms with Gasteiger partial charge in [0.25, 0.3) is 0 Å². The van der Waals surface area contributed by atoms with Crippen molar-refractivity contribution in [3.05, 3.63) is 0 Å². The van der Waals surface area contributed by atoms with Gasteiger partial charge < -0.3 is 5.32 Å². The predicted molar refractivity (Wildman–Crippen MR) is 61.4 cm³/mol. The van der Waals surface area contributed by atoms with E-state index < -0.39 is 5.54 Å². The van der Waals surface area contributed by atoms with Gasteiger partial charge >= 0.3 is 0 Å². The van der Waals surface area contributed by atoms with Gasteiger partial charge in [0.1, 0.15) is 5.54 Å². The van der Waals surface area contributed by atoms with E-state index in [0.717, 1.165) is 24.7 Å². The van der Waals surface area contributed by atoms with Crippen LogP contribution in [0.2, 0.25) is 0 Å². The summed E-state index contributed by atoms with van der Waals surface area (Å²) in [5.74, 6) is 1.91. The van der Waals surface area contributed by atoms with E-state index in [2.05, 4.69) is 11.4 Å². The molecule has 0 saturated heterocycles. The van der Waals surface area contributed by atoms with Crippen LogP contribution in [0.5, 0.6) is 0 Å². The zero-order valence-electron chi connectivity index (χ0n) is 10.1. The second-order valence-electron chi connectivity index (χ2n) is 5.31. The minimum absolute atomic E-state index is 0.109. The van der Waals surface area contributed by atoms with Crippen LogP contribution in [0.1, 0.15) is 46.0 Å². The SMILES string of the molecule is CCC(C#N)(CC)NC(=O)C1CC2CC2C1. The average Bonchev–Trinajstić information content (AvgIpc) is 2.93. The number of nitrogens with one attached hydrogen (secondary N) is 1. The summed E-state index contributed by atoms with van der Waals surface area (Å²) < 4.78 is 0. The van der Waals surface area contributed by atoms with Crippen LogP contribution in [0.15, 0.2) is 0 Å². The molecule has 2 fully saturated rings. The molecule has 2 saturated carbocycles. The lowest BCUT2D eigenvalue weighted by Crippen LogP contribution is -2.48. The number of nitriles is 1. The Morgan fingerprint density at radius 1 is 1.31 bits per heavy atom. The molecule has 1 amide bonds. The number of rotatable bonds is 4. The molecule has 2 unspecified atom stereocenters. The zero-order chi connectivity index (χ0) is 11.8. The van der Waals surface area contributed by atoms with Crippen molar-refractivity contribution in [2.24, 2.45) is 17.8 Å². The highest BCUT2D eigenvalue weighted by molar-refractivity contribution is 5.80. The van der Waals surface area contributed by atoms with E-state index in [-0.39, 0.29) is 11.8 Å². The molecule has 2 aliphatic carbocycles. The van der Waals surface area contributed by atoms with Crippen LogP contribution in [-0.4, -0.2) is 11.4 Å². The van der Waals surface area contributed by atoms with Crippen LogP contribution in [0.3, 0.4) is 0 Å². The van der Waals surface area contributed by atoms with Gasteiger partial charge in [-0.2, -0.15) is 5.26 Å². The van der Waals surface area contributed by atoms with Crippen LogP contribution < -0.4 is 5.32 Å². The molecule has 16 heavy (non-hydrogen) atoms. The summed E-state index contributed by atoms with van der Waals surface area (Å²) in [5.41, 5.74) is -0.635. The molecular formula is C13H20N2O. The molecule has 2 aliphatic rings. The molecular weight excluding hydrogens is 200 g/mol. The number of hydrogen-bond acceptors (Lipinski definition) is 2.